The van der Waals surface area contributed by atoms with Gasteiger partial charge in [-0.15, -0.1) is 0 Å². The molecule has 25 heavy (non-hydrogen) atoms. The van der Waals surface area contributed by atoms with E-state index in [2.05, 4.69) is 20.3 Å². The summed E-state index contributed by atoms with van der Waals surface area (Å²) in [5, 5.41) is 3.09. The lowest BCUT2D eigenvalue weighted by Crippen LogP contribution is -2.04. The van der Waals surface area contributed by atoms with Crippen LogP contribution in [0.2, 0.25) is 0 Å². The summed E-state index contributed by atoms with van der Waals surface area (Å²) in [4.78, 5) is 12.8. The summed E-state index contributed by atoms with van der Waals surface area (Å²) in [6.07, 6.45) is 5.67. The molecule has 0 saturated heterocycles. The Labute approximate surface area is 144 Å². The number of methoxy groups -OCH3 is 1. The van der Waals surface area contributed by atoms with E-state index in [9.17, 15) is 8.42 Å². The molecule has 3 aromatic rings. The second kappa shape index (κ2) is 6.89. The van der Waals surface area contributed by atoms with Crippen molar-refractivity contribution >= 4 is 15.7 Å². The number of hydrogen-bond donors (Lipinski definition) is 1. The zero-order chi connectivity index (χ0) is 17.9. The predicted molar refractivity (Wildman–Crippen MR) is 91.0 cm³/mol. The summed E-state index contributed by atoms with van der Waals surface area (Å²) in [5.41, 5.74) is 1.20. The Kier molecular flexibility index (Phi) is 4.66. The van der Waals surface area contributed by atoms with Crippen LogP contribution < -0.4 is 10.1 Å². The minimum Gasteiger partial charge on any atom is -0.479 e. The van der Waals surface area contributed by atoms with Gasteiger partial charge in [0.1, 0.15) is 17.3 Å². The van der Waals surface area contributed by atoms with E-state index < -0.39 is 9.84 Å². The average Bonchev–Trinajstić information content (AvgIpc) is 3.12. The van der Waals surface area contributed by atoms with E-state index in [0.29, 0.717) is 35.3 Å². The van der Waals surface area contributed by atoms with E-state index in [1.54, 1.807) is 24.5 Å². The Hall–Kier alpha value is -2.94. The number of ether oxygens (including phenoxy) is 1. The van der Waals surface area contributed by atoms with Gasteiger partial charge in [0.05, 0.1) is 30.9 Å². The SMILES string of the molecule is COc1ncc(NCc2cnco2)nc1-c1ccc(S(C)(=O)=O)cc1. The average molecular weight is 360 g/mol. The maximum absolute atomic E-state index is 11.6. The highest BCUT2D eigenvalue weighted by Gasteiger charge is 2.13. The molecule has 0 aliphatic heterocycles. The molecule has 0 aliphatic rings. The molecule has 0 amide bonds. The van der Waals surface area contributed by atoms with Crippen LogP contribution in [0.4, 0.5) is 5.82 Å². The maximum atomic E-state index is 11.6. The van der Waals surface area contributed by atoms with Gasteiger partial charge in [-0.3, -0.25) is 0 Å². The van der Waals surface area contributed by atoms with Crippen LogP contribution in [-0.4, -0.2) is 36.7 Å². The molecule has 3 rings (SSSR count). The number of nitrogens with zero attached hydrogens (tertiary/aromatic N) is 3. The molecule has 8 nitrogen and oxygen atoms in total. The first-order valence-corrected chi connectivity index (χ1v) is 9.19. The molecule has 1 N–H and O–H groups in total. The van der Waals surface area contributed by atoms with Gasteiger partial charge in [-0.1, -0.05) is 12.1 Å². The summed E-state index contributed by atoms with van der Waals surface area (Å²) < 4.78 is 33.6. The third kappa shape index (κ3) is 3.94. The van der Waals surface area contributed by atoms with E-state index in [1.807, 2.05) is 0 Å². The molecule has 0 spiro atoms. The minimum absolute atomic E-state index is 0.239. The molecule has 2 heterocycles. The quantitative estimate of drug-likeness (QED) is 0.712. The highest BCUT2D eigenvalue weighted by molar-refractivity contribution is 7.90. The number of hydrogen-bond acceptors (Lipinski definition) is 8. The fraction of sp³-hybridized carbons (Fsp3) is 0.188. The molecule has 0 radical (unpaired) electrons. The Morgan fingerprint density at radius 2 is 1.96 bits per heavy atom. The highest BCUT2D eigenvalue weighted by atomic mass is 32.2. The standard InChI is InChI=1S/C16H16N4O4S/c1-23-16-15(11-3-5-13(6-4-11)25(2,21)22)20-14(9-19-16)18-8-12-7-17-10-24-12/h3-7,9-10H,8H2,1-2H3,(H,18,20). The Morgan fingerprint density at radius 3 is 2.56 bits per heavy atom. The number of rotatable bonds is 6. The third-order valence-corrected chi connectivity index (χ3v) is 4.54. The molecule has 1 aromatic carbocycles. The van der Waals surface area contributed by atoms with Gasteiger partial charge in [0.15, 0.2) is 16.2 Å². The second-order valence-electron chi connectivity index (χ2n) is 5.23. The molecular weight excluding hydrogens is 344 g/mol. The summed E-state index contributed by atoms with van der Waals surface area (Å²) in [6, 6.07) is 6.40. The van der Waals surface area contributed by atoms with E-state index in [1.165, 1.54) is 25.6 Å². The predicted octanol–water partition coefficient (Wildman–Crippen LogP) is 2.16. The molecule has 0 unspecified atom stereocenters. The zero-order valence-corrected chi connectivity index (χ0v) is 14.4. The summed E-state index contributed by atoms with van der Waals surface area (Å²) >= 11 is 0. The number of benzene rings is 1. The van der Waals surface area contributed by atoms with Gasteiger partial charge >= 0.3 is 0 Å². The van der Waals surface area contributed by atoms with Gasteiger partial charge < -0.3 is 14.5 Å². The Bertz CT molecular complexity index is 954. The first-order chi connectivity index (χ1) is 12.0. The number of nitrogens with one attached hydrogen (secondary N) is 1. The molecule has 0 saturated carbocycles. The van der Waals surface area contributed by atoms with Crippen LogP contribution in [0, 0.1) is 0 Å². The van der Waals surface area contributed by atoms with E-state index >= 15 is 0 Å². The Morgan fingerprint density at radius 1 is 1.20 bits per heavy atom. The first-order valence-electron chi connectivity index (χ1n) is 7.30. The number of oxazole rings is 1. The van der Waals surface area contributed by atoms with Crippen molar-refractivity contribution in [1.29, 1.82) is 0 Å². The van der Waals surface area contributed by atoms with Crippen molar-refractivity contribution in [3.8, 4) is 17.1 Å². The van der Waals surface area contributed by atoms with Crippen molar-refractivity contribution in [3.63, 3.8) is 0 Å². The van der Waals surface area contributed by atoms with Crippen molar-refractivity contribution in [1.82, 2.24) is 15.0 Å². The van der Waals surface area contributed by atoms with Crippen LogP contribution >= 0.6 is 0 Å². The highest BCUT2D eigenvalue weighted by Crippen LogP contribution is 2.28. The lowest BCUT2D eigenvalue weighted by molar-refractivity contribution is 0.398. The van der Waals surface area contributed by atoms with Gasteiger partial charge in [0.2, 0.25) is 5.88 Å². The third-order valence-electron chi connectivity index (χ3n) is 3.42. The molecular formula is C16H16N4O4S. The lowest BCUT2D eigenvalue weighted by Gasteiger charge is -2.10. The zero-order valence-electron chi connectivity index (χ0n) is 13.6. The van der Waals surface area contributed by atoms with Gasteiger partial charge in [-0.2, -0.15) is 0 Å². The van der Waals surface area contributed by atoms with E-state index in [-0.39, 0.29) is 4.90 Å². The largest absolute Gasteiger partial charge is 0.479 e. The number of aromatic nitrogens is 3. The summed E-state index contributed by atoms with van der Waals surface area (Å²) in [7, 11) is -1.76. The summed E-state index contributed by atoms with van der Waals surface area (Å²) in [6.45, 7) is 0.410. The van der Waals surface area contributed by atoms with Crippen LogP contribution in [-0.2, 0) is 16.4 Å². The molecule has 0 fully saturated rings. The van der Waals surface area contributed by atoms with Crippen molar-refractivity contribution in [3.05, 3.63) is 48.8 Å². The Balaban J connectivity index is 1.89. The van der Waals surface area contributed by atoms with E-state index in [4.69, 9.17) is 9.15 Å². The van der Waals surface area contributed by atoms with Gasteiger partial charge in [0, 0.05) is 11.8 Å². The van der Waals surface area contributed by atoms with Crippen molar-refractivity contribution in [2.45, 2.75) is 11.4 Å². The van der Waals surface area contributed by atoms with Crippen LogP contribution in [0.5, 0.6) is 5.88 Å². The van der Waals surface area contributed by atoms with Crippen molar-refractivity contribution < 1.29 is 17.6 Å². The van der Waals surface area contributed by atoms with Crippen molar-refractivity contribution in [2.75, 3.05) is 18.7 Å². The van der Waals surface area contributed by atoms with Crippen LogP contribution in [0.25, 0.3) is 11.3 Å². The topological polar surface area (TPSA) is 107 Å². The smallest absolute Gasteiger partial charge is 0.240 e. The molecule has 0 bridgehead atoms. The van der Waals surface area contributed by atoms with Crippen molar-refractivity contribution in [2.24, 2.45) is 0 Å². The number of sulfone groups is 1. The second-order valence-corrected chi connectivity index (χ2v) is 7.25. The van der Waals surface area contributed by atoms with Crippen LogP contribution in [0.3, 0.4) is 0 Å². The monoisotopic (exact) mass is 360 g/mol. The van der Waals surface area contributed by atoms with Gasteiger partial charge in [-0.05, 0) is 12.1 Å². The number of anilines is 1. The normalized spacial score (nSPS) is 11.3. The molecule has 130 valence electrons. The van der Waals surface area contributed by atoms with Crippen LogP contribution in [0.1, 0.15) is 5.76 Å². The summed E-state index contributed by atoms with van der Waals surface area (Å²) in [5.74, 6) is 1.54. The molecule has 0 aliphatic carbocycles. The maximum Gasteiger partial charge on any atom is 0.240 e. The van der Waals surface area contributed by atoms with Gasteiger partial charge in [-0.25, -0.2) is 23.4 Å². The van der Waals surface area contributed by atoms with E-state index in [0.717, 1.165) is 6.26 Å². The lowest BCUT2D eigenvalue weighted by atomic mass is 10.1. The molecule has 2 aromatic heterocycles. The fourth-order valence-electron chi connectivity index (χ4n) is 2.17. The minimum atomic E-state index is -3.26. The van der Waals surface area contributed by atoms with Gasteiger partial charge in [0.25, 0.3) is 0 Å². The molecule has 9 heteroatoms. The van der Waals surface area contributed by atoms with Crippen LogP contribution in [0.15, 0.2) is 52.4 Å². The fourth-order valence-corrected chi connectivity index (χ4v) is 2.80. The molecule has 0 atom stereocenters. The first kappa shape index (κ1) is 16.9.